The quantitative estimate of drug-likeness (QED) is 0.0724. The second-order valence-electron chi connectivity index (χ2n) is 14.3. The molecule has 16 heteroatoms. The van der Waals surface area contributed by atoms with Crippen LogP contribution in [0.1, 0.15) is 48.5 Å². The molecule has 4 N–H and O–H groups in total. The zero-order valence-electron chi connectivity index (χ0n) is 33.7. The summed E-state index contributed by atoms with van der Waals surface area (Å²) in [6, 6.07) is 43.3. The fourth-order valence-electron chi connectivity index (χ4n) is 6.55. The van der Waals surface area contributed by atoms with E-state index < -0.39 is 41.8 Å². The monoisotopic (exact) mass is 922 g/mol. The zero-order valence-corrected chi connectivity index (χ0v) is 37.0. The van der Waals surface area contributed by atoms with E-state index in [1.54, 1.807) is 115 Å². The Morgan fingerprint density at radius 3 is 1.49 bits per heavy atom. The van der Waals surface area contributed by atoms with Gasteiger partial charge in [0.1, 0.15) is 4.21 Å². The summed E-state index contributed by atoms with van der Waals surface area (Å²) in [5, 5.41) is 19.9. The number of nitrogens with one attached hydrogen (secondary N) is 2. The molecule has 0 fully saturated rings. The number of sulfonamides is 2. The van der Waals surface area contributed by atoms with Gasteiger partial charge in [-0.05, 0) is 127 Å². The van der Waals surface area contributed by atoms with E-state index in [1.165, 1.54) is 17.5 Å². The second kappa shape index (κ2) is 20.1. The van der Waals surface area contributed by atoms with E-state index in [2.05, 4.69) is 9.44 Å². The molecule has 6 aromatic carbocycles. The predicted octanol–water partition coefficient (Wildman–Crippen LogP) is 9.14. The molecule has 324 valence electrons. The third kappa shape index (κ3) is 12.1. The Hall–Kier alpha value is -6.59. The maximum Gasteiger partial charge on any atom is 0.335 e. The zero-order chi connectivity index (χ0) is 45.2. The van der Waals surface area contributed by atoms with Crippen molar-refractivity contribution in [3.8, 4) is 0 Å². The topological polar surface area (TPSA) is 201 Å². The van der Waals surface area contributed by atoms with Crippen LogP contribution in [0, 0.1) is 6.92 Å². The lowest BCUT2D eigenvalue weighted by Gasteiger charge is -2.11. The first-order valence-electron chi connectivity index (χ1n) is 19.3. The minimum Gasteiger partial charge on any atom is -0.478 e. The molecule has 7 rings (SSSR count). The molecule has 12 nitrogen and oxygen atoms in total. The highest BCUT2D eigenvalue weighted by Crippen LogP contribution is 2.30. The van der Waals surface area contributed by atoms with Crippen LogP contribution in [-0.4, -0.2) is 47.4 Å². The van der Waals surface area contributed by atoms with E-state index in [1.807, 2.05) is 31.2 Å². The standard InChI is InChI=1S/C25H21NO6S3.C22H21NO4S/c27-25(28)23-12-5-4-8-19(23)14-13-18-7-6-9-20(15-18)26-35(31,32)24-16-22(17-33-24)34(29,30)21-10-2-1-3-11-21;1-16-6-4-10-20(14-16)28(26,27)23-19-9-5-7-17(15-19)12-13-18-8-2-3-11-21(18)22(24)25/h1-12,15-17,26H,13-14H2,(H,27,28);2-11,14-15,23H,12-13H2,1H3,(H,24,25). The van der Waals surface area contributed by atoms with Gasteiger partial charge in [-0.25, -0.2) is 34.8 Å². The second-order valence-corrected chi connectivity index (χ2v) is 20.7. The Morgan fingerprint density at radius 2 is 0.968 bits per heavy atom. The van der Waals surface area contributed by atoms with Gasteiger partial charge in [-0.1, -0.05) is 91.0 Å². The van der Waals surface area contributed by atoms with E-state index in [4.69, 9.17) is 0 Å². The Bertz CT molecular complexity index is 3100. The molecule has 0 saturated heterocycles. The molecule has 0 aliphatic rings. The summed E-state index contributed by atoms with van der Waals surface area (Å²) in [6.07, 6.45) is 2.14. The van der Waals surface area contributed by atoms with Gasteiger partial charge in [0.15, 0.2) is 0 Å². The molecule has 1 aromatic heterocycles. The number of hydrogen-bond acceptors (Lipinski definition) is 9. The number of hydrogen-bond donors (Lipinski definition) is 4. The Balaban J connectivity index is 0.000000215. The minimum atomic E-state index is -4.01. The Labute approximate surface area is 370 Å². The van der Waals surface area contributed by atoms with Crippen molar-refractivity contribution < 1.29 is 45.1 Å². The lowest BCUT2D eigenvalue weighted by Crippen LogP contribution is -2.13. The number of aryl methyl sites for hydroxylation is 5. The van der Waals surface area contributed by atoms with Crippen LogP contribution in [0.15, 0.2) is 182 Å². The number of thiophene rings is 1. The summed E-state index contributed by atoms with van der Waals surface area (Å²) in [7, 11) is -11.5. The molecular formula is C47H42N2O10S4. The van der Waals surface area contributed by atoms with E-state index in [9.17, 15) is 45.1 Å². The molecule has 1 heterocycles. The van der Waals surface area contributed by atoms with Crippen LogP contribution in [0.2, 0.25) is 0 Å². The first kappa shape index (κ1) is 45.9. The van der Waals surface area contributed by atoms with Gasteiger partial charge in [-0.2, -0.15) is 0 Å². The molecule has 0 aliphatic heterocycles. The minimum absolute atomic E-state index is 0.0834. The van der Waals surface area contributed by atoms with E-state index in [0.717, 1.165) is 39.7 Å². The molecule has 63 heavy (non-hydrogen) atoms. The first-order chi connectivity index (χ1) is 30.0. The Morgan fingerprint density at radius 1 is 0.492 bits per heavy atom. The number of carbonyl (C=O) groups is 2. The maximum absolute atomic E-state index is 12.9. The highest BCUT2D eigenvalue weighted by Gasteiger charge is 2.24. The summed E-state index contributed by atoms with van der Waals surface area (Å²) in [5.41, 5.74) is 5.39. The fourth-order valence-corrected chi connectivity index (χ4v) is 11.7. The largest absolute Gasteiger partial charge is 0.478 e. The van der Waals surface area contributed by atoms with Gasteiger partial charge in [0.25, 0.3) is 20.0 Å². The summed E-state index contributed by atoms with van der Waals surface area (Å²) in [6.45, 7) is 1.84. The van der Waals surface area contributed by atoms with Crippen molar-refractivity contribution in [3.63, 3.8) is 0 Å². The van der Waals surface area contributed by atoms with Gasteiger partial charge in [0, 0.05) is 16.8 Å². The summed E-state index contributed by atoms with van der Waals surface area (Å²) in [5.74, 6) is -1.94. The lowest BCUT2D eigenvalue weighted by molar-refractivity contribution is 0.0684. The van der Waals surface area contributed by atoms with Crippen molar-refractivity contribution in [2.24, 2.45) is 0 Å². The third-order valence-corrected chi connectivity index (χ3v) is 15.8. The molecule has 0 amide bonds. The lowest BCUT2D eigenvalue weighted by atomic mass is 10.00. The molecule has 0 bridgehead atoms. The SMILES string of the molecule is Cc1cccc(S(=O)(=O)Nc2cccc(CCc3ccccc3C(=O)O)c2)c1.O=C(O)c1ccccc1CCc1cccc(NS(=O)(=O)c2cc(S(=O)(=O)c3ccccc3)cs2)c1. The van der Waals surface area contributed by atoms with Gasteiger partial charge in [-0.15, -0.1) is 11.3 Å². The van der Waals surface area contributed by atoms with Crippen molar-refractivity contribution in [1.82, 2.24) is 0 Å². The maximum atomic E-state index is 12.9. The molecular weight excluding hydrogens is 881 g/mol. The van der Waals surface area contributed by atoms with Crippen molar-refractivity contribution in [1.29, 1.82) is 0 Å². The van der Waals surface area contributed by atoms with Gasteiger partial charge >= 0.3 is 11.9 Å². The molecule has 0 atom stereocenters. The normalized spacial score (nSPS) is 11.5. The third-order valence-electron chi connectivity index (χ3n) is 9.70. The smallest absolute Gasteiger partial charge is 0.335 e. The summed E-state index contributed by atoms with van der Waals surface area (Å²) in [4.78, 5) is 23.0. The van der Waals surface area contributed by atoms with Crippen LogP contribution < -0.4 is 9.44 Å². The van der Waals surface area contributed by atoms with Gasteiger partial charge in [-0.3, -0.25) is 9.44 Å². The molecule has 7 aromatic rings. The average molecular weight is 923 g/mol. The molecule has 0 saturated carbocycles. The molecule has 0 aliphatic carbocycles. The van der Waals surface area contributed by atoms with Gasteiger partial charge in [0.05, 0.1) is 25.8 Å². The molecule has 0 radical (unpaired) electrons. The number of aromatic carboxylic acids is 2. The summed E-state index contributed by atoms with van der Waals surface area (Å²) < 4.78 is 81.6. The van der Waals surface area contributed by atoms with Crippen molar-refractivity contribution >= 4 is 64.5 Å². The van der Waals surface area contributed by atoms with Crippen LogP contribution in [0.5, 0.6) is 0 Å². The number of carboxylic acid groups (broad SMARTS) is 2. The van der Waals surface area contributed by atoms with E-state index in [-0.39, 0.29) is 24.5 Å². The predicted molar refractivity (Wildman–Crippen MR) is 244 cm³/mol. The van der Waals surface area contributed by atoms with Crippen molar-refractivity contribution in [3.05, 3.63) is 202 Å². The van der Waals surface area contributed by atoms with E-state index >= 15 is 0 Å². The number of sulfone groups is 1. The van der Waals surface area contributed by atoms with Crippen LogP contribution in [0.3, 0.4) is 0 Å². The highest BCUT2D eigenvalue weighted by atomic mass is 32.2. The number of benzene rings is 6. The van der Waals surface area contributed by atoms with Crippen molar-refractivity contribution in [2.45, 2.75) is 51.5 Å². The van der Waals surface area contributed by atoms with Crippen LogP contribution >= 0.6 is 11.3 Å². The average Bonchev–Trinajstić information content (AvgIpc) is 3.79. The van der Waals surface area contributed by atoms with Crippen LogP contribution in [-0.2, 0) is 55.6 Å². The van der Waals surface area contributed by atoms with Crippen LogP contribution in [0.4, 0.5) is 11.4 Å². The highest BCUT2D eigenvalue weighted by molar-refractivity contribution is 7.95. The molecule has 0 unspecified atom stereocenters. The number of anilines is 2. The fraction of sp³-hybridized carbons (Fsp3) is 0.106. The number of carboxylic acids is 2. The Kier molecular flexibility index (Phi) is 14.6. The van der Waals surface area contributed by atoms with E-state index in [0.29, 0.717) is 48.2 Å². The van der Waals surface area contributed by atoms with Crippen molar-refractivity contribution in [2.75, 3.05) is 9.44 Å². The van der Waals surface area contributed by atoms with Gasteiger partial charge in [0.2, 0.25) is 9.84 Å². The van der Waals surface area contributed by atoms with Crippen LogP contribution in [0.25, 0.3) is 0 Å². The molecule has 0 spiro atoms. The summed E-state index contributed by atoms with van der Waals surface area (Å²) >= 11 is 0.828. The van der Waals surface area contributed by atoms with Gasteiger partial charge < -0.3 is 10.2 Å². The number of rotatable bonds is 16. The first-order valence-corrected chi connectivity index (χ1v) is 24.7.